The van der Waals surface area contributed by atoms with Gasteiger partial charge in [-0.1, -0.05) is 36.4 Å². The standard InChI is InChI=1S/C19H16N3O/c20-18-17-16-14(13-8-4-5-9-15(13)21-16)10-11-22(17)19(23-18)12-6-2-1-3-7-12/h1-9,21H,10-11,20H2/q+1. The number of para-hydroxylation sites is 1. The lowest BCUT2D eigenvalue weighted by molar-refractivity contribution is -0.679. The number of nitrogens with zero attached hydrogens (tertiary/aromatic N) is 1. The highest BCUT2D eigenvalue weighted by Gasteiger charge is 2.36. The number of fused-ring (bicyclic) bond motifs is 5. The Kier molecular flexibility index (Phi) is 2.45. The van der Waals surface area contributed by atoms with E-state index in [0.717, 1.165) is 41.3 Å². The van der Waals surface area contributed by atoms with Crippen LogP contribution in [0.3, 0.4) is 0 Å². The molecule has 0 unspecified atom stereocenters. The predicted octanol–water partition coefficient (Wildman–Crippen LogP) is 3.52. The monoisotopic (exact) mass is 302 g/mol. The van der Waals surface area contributed by atoms with Crippen LogP contribution in [0, 0.1) is 0 Å². The summed E-state index contributed by atoms with van der Waals surface area (Å²) in [4.78, 5) is 3.52. The quantitative estimate of drug-likeness (QED) is 0.529. The van der Waals surface area contributed by atoms with Gasteiger partial charge in [-0.25, -0.2) is 0 Å². The summed E-state index contributed by atoms with van der Waals surface area (Å²) in [6.07, 6.45) is 0.968. The molecule has 5 rings (SSSR count). The van der Waals surface area contributed by atoms with Gasteiger partial charge in [0.25, 0.3) is 11.6 Å². The van der Waals surface area contributed by atoms with E-state index < -0.39 is 0 Å². The molecule has 4 heteroatoms. The molecular formula is C19H16N3O+. The SMILES string of the molecule is Nc1oc(-c2ccccc2)[n+]2c1-c1[nH]c3ccccc3c1CC2. The normalized spacial score (nSPS) is 13.0. The number of hydrogen-bond donors (Lipinski definition) is 2. The third-order valence-electron chi connectivity index (χ3n) is 4.61. The van der Waals surface area contributed by atoms with Crippen molar-refractivity contribution in [1.29, 1.82) is 0 Å². The van der Waals surface area contributed by atoms with Crippen LogP contribution in [-0.2, 0) is 13.0 Å². The van der Waals surface area contributed by atoms with E-state index in [1.54, 1.807) is 0 Å². The Balaban J connectivity index is 1.79. The average molecular weight is 302 g/mol. The van der Waals surface area contributed by atoms with E-state index in [9.17, 15) is 0 Å². The van der Waals surface area contributed by atoms with Gasteiger partial charge in [-0.05, 0) is 23.8 Å². The number of aryl methyl sites for hydroxylation is 1. The van der Waals surface area contributed by atoms with E-state index in [-0.39, 0.29) is 0 Å². The van der Waals surface area contributed by atoms with Gasteiger partial charge in [0.15, 0.2) is 6.54 Å². The van der Waals surface area contributed by atoms with Crippen molar-refractivity contribution in [3.63, 3.8) is 0 Å². The summed E-state index contributed by atoms with van der Waals surface area (Å²) in [7, 11) is 0. The molecule has 0 radical (unpaired) electrons. The van der Waals surface area contributed by atoms with Crippen LogP contribution >= 0.6 is 0 Å². The Morgan fingerprint density at radius 2 is 1.78 bits per heavy atom. The van der Waals surface area contributed by atoms with Gasteiger partial charge in [0.2, 0.25) is 0 Å². The number of nitrogens with one attached hydrogen (secondary N) is 1. The van der Waals surface area contributed by atoms with Crippen LogP contribution in [0.4, 0.5) is 5.88 Å². The molecule has 4 nitrogen and oxygen atoms in total. The molecule has 1 aliphatic rings. The molecule has 1 aliphatic heterocycles. The minimum atomic E-state index is 0.469. The van der Waals surface area contributed by atoms with Gasteiger partial charge in [-0.2, -0.15) is 4.57 Å². The van der Waals surface area contributed by atoms with Crippen molar-refractivity contribution in [1.82, 2.24) is 4.98 Å². The van der Waals surface area contributed by atoms with Crippen molar-refractivity contribution in [2.45, 2.75) is 13.0 Å². The number of nitrogens with two attached hydrogens (primary N) is 1. The van der Waals surface area contributed by atoms with Crippen LogP contribution in [-0.4, -0.2) is 4.98 Å². The number of oxazole rings is 1. The van der Waals surface area contributed by atoms with Crippen LogP contribution < -0.4 is 10.3 Å². The number of anilines is 1. The van der Waals surface area contributed by atoms with E-state index in [1.807, 2.05) is 36.4 Å². The second kappa shape index (κ2) is 4.49. The summed E-state index contributed by atoms with van der Waals surface area (Å²) in [5.74, 6) is 1.29. The zero-order valence-corrected chi connectivity index (χ0v) is 12.5. The molecule has 0 fully saturated rings. The fraction of sp³-hybridized carbons (Fsp3) is 0.105. The molecule has 23 heavy (non-hydrogen) atoms. The molecule has 0 saturated heterocycles. The molecule has 0 aliphatic carbocycles. The molecule has 0 amide bonds. The first-order valence-corrected chi connectivity index (χ1v) is 7.80. The van der Waals surface area contributed by atoms with Gasteiger partial charge in [0.1, 0.15) is 5.69 Å². The molecule has 3 heterocycles. The highest BCUT2D eigenvalue weighted by atomic mass is 16.4. The van der Waals surface area contributed by atoms with Crippen molar-refractivity contribution in [2.75, 3.05) is 5.73 Å². The summed E-state index contributed by atoms with van der Waals surface area (Å²) >= 11 is 0. The molecule has 0 atom stereocenters. The largest absolute Gasteiger partial charge is 0.382 e. The summed E-state index contributed by atoms with van der Waals surface area (Å²) in [6, 6.07) is 18.5. The maximum atomic E-state index is 6.23. The zero-order valence-electron chi connectivity index (χ0n) is 12.5. The summed E-state index contributed by atoms with van der Waals surface area (Å²) < 4.78 is 8.11. The number of benzene rings is 2. The molecule has 4 aromatic rings. The number of aromatic nitrogens is 2. The van der Waals surface area contributed by atoms with Crippen molar-refractivity contribution >= 4 is 16.8 Å². The maximum Gasteiger partial charge on any atom is 0.382 e. The maximum absolute atomic E-state index is 6.23. The number of hydrogen-bond acceptors (Lipinski definition) is 2. The van der Waals surface area contributed by atoms with Crippen molar-refractivity contribution < 1.29 is 8.98 Å². The molecule has 0 saturated carbocycles. The molecule has 2 aromatic heterocycles. The van der Waals surface area contributed by atoms with E-state index in [4.69, 9.17) is 10.2 Å². The fourth-order valence-electron chi connectivity index (χ4n) is 3.59. The first kappa shape index (κ1) is 12.5. The number of rotatable bonds is 1. The van der Waals surface area contributed by atoms with E-state index in [0.29, 0.717) is 5.88 Å². The van der Waals surface area contributed by atoms with E-state index in [1.165, 1.54) is 10.9 Å². The Hall–Kier alpha value is -3.01. The van der Waals surface area contributed by atoms with Crippen LogP contribution in [0.5, 0.6) is 0 Å². The molecule has 2 aromatic carbocycles. The Morgan fingerprint density at radius 1 is 1.00 bits per heavy atom. The van der Waals surface area contributed by atoms with E-state index in [2.05, 4.69) is 27.8 Å². The summed E-state index contributed by atoms with van der Waals surface area (Å²) in [5.41, 5.74) is 11.8. The molecule has 3 N–H and O–H groups in total. The predicted molar refractivity (Wildman–Crippen MR) is 89.7 cm³/mol. The lowest BCUT2D eigenvalue weighted by Crippen LogP contribution is -2.40. The van der Waals surface area contributed by atoms with Crippen molar-refractivity contribution in [3.8, 4) is 22.8 Å². The van der Waals surface area contributed by atoms with Crippen molar-refractivity contribution in [2.24, 2.45) is 0 Å². The van der Waals surface area contributed by atoms with Gasteiger partial charge < -0.3 is 15.1 Å². The molecule has 112 valence electrons. The highest BCUT2D eigenvalue weighted by molar-refractivity contribution is 5.91. The van der Waals surface area contributed by atoms with Crippen LogP contribution in [0.1, 0.15) is 5.56 Å². The zero-order chi connectivity index (χ0) is 15.4. The summed E-state index contributed by atoms with van der Waals surface area (Å²) in [6.45, 7) is 0.870. The van der Waals surface area contributed by atoms with Crippen LogP contribution in [0.15, 0.2) is 59.0 Å². The first-order valence-electron chi connectivity index (χ1n) is 7.80. The second-order valence-electron chi connectivity index (χ2n) is 5.91. The van der Waals surface area contributed by atoms with Crippen LogP contribution in [0.2, 0.25) is 0 Å². The van der Waals surface area contributed by atoms with Gasteiger partial charge in [0, 0.05) is 17.3 Å². The second-order valence-corrected chi connectivity index (χ2v) is 5.91. The van der Waals surface area contributed by atoms with Gasteiger partial charge in [0.05, 0.1) is 5.56 Å². The topological polar surface area (TPSA) is 58.8 Å². The third kappa shape index (κ3) is 1.69. The minimum absolute atomic E-state index is 0.469. The summed E-state index contributed by atoms with van der Waals surface area (Å²) in [5, 5.41) is 1.27. The lowest BCUT2D eigenvalue weighted by atomic mass is 10.0. The van der Waals surface area contributed by atoms with Gasteiger partial charge >= 0.3 is 5.89 Å². The molecule has 0 bridgehead atoms. The van der Waals surface area contributed by atoms with Gasteiger partial charge in [-0.3, -0.25) is 0 Å². The third-order valence-corrected chi connectivity index (χ3v) is 4.61. The fourth-order valence-corrected chi connectivity index (χ4v) is 3.59. The number of nitrogen functional groups attached to an aromatic ring is 1. The van der Waals surface area contributed by atoms with Crippen molar-refractivity contribution in [3.05, 3.63) is 60.2 Å². The van der Waals surface area contributed by atoms with Gasteiger partial charge in [-0.15, -0.1) is 0 Å². The van der Waals surface area contributed by atoms with E-state index >= 15 is 0 Å². The number of aromatic amines is 1. The lowest BCUT2D eigenvalue weighted by Gasteiger charge is -2.08. The Bertz CT molecular complexity index is 1030. The number of H-pyrrole nitrogens is 1. The molecular weight excluding hydrogens is 286 g/mol. The van der Waals surface area contributed by atoms with Crippen LogP contribution in [0.25, 0.3) is 33.7 Å². The smallest absolute Gasteiger partial charge is 0.381 e. The first-order chi connectivity index (χ1) is 11.3. The molecule has 0 spiro atoms. The minimum Gasteiger partial charge on any atom is -0.381 e. The highest BCUT2D eigenvalue weighted by Crippen LogP contribution is 2.37. The Labute approximate surface area is 133 Å². The Morgan fingerprint density at radius 3 is 2.65 bits per heavy atom. The average Bonchev–Trinajstić information content (AvgIpc) is 3.13.